The molecule has 2 aliphatic heterocycles. The van der Waals surface area contributed by atoms with Crippen molar-refractivity contribution in [1.82, 2.24) is 15.0 Å². The third-order valence-corrected chi connectivity index (χ3v) is 4.87. The van der Waals surface area contributed by atoms with Crippen LogP contribution in [0.4, 0.5) is 11.8 Å². The van der Waals surface area contributed by atoms with E-state index in [1.165, 1.54) is 25.5 Å². The molecule has 0 radical (unpaired) electrons. The number of hydrogen-bond acceptors (Lipinski definition) is 7. The van der Waals surface area contributed by atoms with Crippen molar-refractivity contribution in [2.24, 2.45) is 0 Å². The number of piperidine rings is 1. The van der Waals surface area contributed by atoms with Gasteiger partial charge in [-0.05, 0) is 44.2 Å². The molecule has 2 saturated heterocycles. The van der Waals surface area contributed by atoms with Crippen LogP contribution in [0.25, 0.3) is 11.3 Å². The SMILES string of the molecule is Nc1ncc(Cl)c(-c2ccnc(N3CCCCC3)c2)n1.OC1CCCOC1. The molecule has 0 saturated carbocycles. The Morgan fingerprint density at radius 1 is 1.19 bits per heavy atom. The Bertz CT molecular complexity index is 734. The first kappa shape index (κ1) is 19.8. The minimum atomic E-state index is -0.186. The molecule has 2 aromatic heterocycles. The molecular formula is C19H26ClN5O2. The number of aromatic nitrogens is 3. The smallest absolute Gasteiger partial charge is 0.220 e. The summed E-state index contributed by atoms with van der Waals surface area (Å²) in [4.78, 5) is 14.8. The minimum Gasteiger partial charge on any atom is -0.391 e. The highest BCUT2D eigenvalue weighted by molar-refractivity contribution is 6.32. The molecule has 8 heteroatoms. The van der Waals surface area contributed by atoms with E-state index in [9.17, 15) is 0 Å². The molecule has 2 aromatic rings. The Hall–Kier alpha value is -1.96. The van der Waals surface area contributed by atoms with Crippen LogP contribution in [0.2, 0.25) is 5.02 Å². The Labute approximate surface area is 164 Å². The van der Waals surface area contributed by atoms with Crippen molar-refractivity contribution in [2.45, 2.75) is 38.2 Å². The van der Waals surface area contributed by atoms with E-state index in [2.05, 4.69) is 19.9 Å². The van der Waals surface area contributed by atoms with Crippen molar-refractivity contribution in [3.8, 4) is 11.3 Å². The van der Waals surface area contributed by atoms with Crippen LogP contribution in [-0.2, 0) is 4.74 Å². The fourth-order valence-corrected chi connectivity index (χ4v) is 3.37. The van der Waals surface area contributed by atoms with Gasteiger partial charge in [0.1, 0.15) is 5.82 Å². The van der Waals surface area contributed by atoms with Crippen LogP contribution >= 0.6 is 11.6 Å². The summed E-state index contributed by atoms with van der Waals surface area (Å²) in [6, 6.07) is 3.90. The topological polar surface area (TPSA) is 97.4 Å². The summed E-state index contributed by atoms with van der Waals surface area (Å²) in [5.41, 5.74) is 7.21. The average molecular weight is 392 g/mol. The van der Waals surface area contributed by atoms with Gasteiger partial charge in [-0.3, -0.25) is 0 Å². The highest BCUT2D eigenvalue weighted by Gasteiger charge is 2.14. The van der Waals surface area contributed by atoms with Crippen molar-refractivity contribution < 1.29 is 9.84 Å². The number of rotatable bonds is 2. The third kappa shape index (κ3) is 5.76. The van der Waals surface area contributed by atoms with Crippen molar-refractivity contribution in [3.63, 3.8) is 0 Å². The van der Waals surface area contributed by atoms with Gasteiger partial charge in [0.25, 0.3) is 0 Å². The van der Waals surface area contributed by atoms with E-state index in [-0.39, 0.29) is 12.1 Å². The van der Waals surface area contributed by atoms with E-state index in [0.29, 0.717) is 17.3 Å². The lowest BCUT2D eigenvalue weighted by atomic mass is 10.1. The van der Waals surface area contributed by atoms with Gasteiger partial charge in [-0.15, -0.1) is 0 Å². The fourth-order valence-electron chi connectivity index (χ4n) is 3.17. The van der Waals surface area contributed by atoms with Gasteiger partial charge in [-0.2, -0.15) is 0 Å². The normalized spacial score (nSPS) is 19.9. The van der Waals surface area contributed by atoms with Gasteiger partial charge in [0.2, 0.25) is 5.95 Å². The van der Waals surface area contributed by atoms with E-state index in [0.717, 1.165) is 43.9 Å². The first-order chi connectivity index (χ1) is 13.1. The van der Waals surface area contributed by atoms with Gasteiger partial charge in [0.05, 0.1) is 29.6 Å². The molecule has 2 fully saturated rings. The maximum atomic E-state index is 8.78. The Morgan fingerprint density at radius 2 is 2.00 bits per heavy atom. The fraction of sp³-hybridized carbons (Fsp3) is 0.526. The molecule has 4 rings (SSSR count). The molecule has 1 atom stereocenters. The largest absolute Gasteiger partial charge is 0.391 e. The van der Waals surface area contributed by atoms with Crippen LogP contribution in [0, 0.1) is 0 Å². The minimum absolute atomic E-state index is 0.186. The van der Waals surface area contributed by atoms with E-state index in [1.807, 2.05) is 12.1 Å². The quantitative estimate of drug-likeness (QED) is 0.812. The van der Waals surface area contributed by atoms with Crippen molar-refractivity contribution in [3.05, 3.63) is 29.5 Å². The number of nitrogens with zero attached hydrogens (tertiary/aromatic N) is 4. The highest BCUT2D eigenvalue weighted by Crippen LogP contribution is 2.28. The second-order valence-electron chi connectivity index (χ2n) is 6.75. The van der Waals surface area contributed by atoms with Crippen LogP contribution in [0.15, 0.2) is 24.5 Å². The number of aliphatic hydroxyl groups excluding tert-OH is 1. The predicted molar refractivity (Wildman–Crippen MR) is 107 cm³/mol. The van der Waals surface area contributed by atoms with Crippen LogP contribution < -0.4 is 10.6 Å². The van der Waals surface area contributed by atoms with E-state index >= 15 is 0 Å². The molecule has 0 amide bonds. The summed E-state index contributed by atoms with van der Waals surface area (Å²) < 4.78 is 4.93. The molecule has 1 unspecified atom stereocenters. The molecule has 7 nitrogen and oxygen atoms in total. The number of nitrogens with two attached hydrogens (primary N) is 1. The monoisotopic (exact) mass is 391 g/mol. The molecule has 146 valence electrons. The molecule has 27 heavy (non-hydrogen) atoms. The molecule has 2 aliphatic rings. The number of pyridine rings is 1. The Morgan fingerprint density at radius 3 is 2.67 bits per heavy atom. The maximum Gasteiger partial charge on any atom is 0.220 e. The zero-order valence-electron chi connectivity index (χ0n) is 15.4. The lowest BCUT2D eigenvalue weighted by molar-refractivity contribution is -0.00535. The van der Waals surface area contributed by atoms with Gasteiger partial charge < -0.3 is 20.5 Å². The molecule has 4 heterocycles. The molecular weight excluding hydrogens is 366 g/mol. The third-order valence-electron chi connectivity index (χ3n) is 4.60. The predicted octanol–water partition coefficient (Wildman–Crippen LogP) is 2.92. The summed E-state index contributed by atoms with van der Waals surface area (Å²) in [5.74, 6) is 1.19. The average Bonchev–Trinajstić information content (AvgIpc) is 2.72. The van der Waals surface area contributed by atoms with Crippen LogP contribution in [0.3, 0.4) is 0 Å². The summed E-state index contributed by atoms with van der Waals surface area (Å²) in [6.07, 6.45) is 8.79. The maximum absolute atomic E-state index is 8.78. The number of hydrogen-bond donors (Lipinski definition) is 2. The van der Waals surface area contributed by atoms with Crippen LogP contribution in [-0.4, -0.2) is 52.5 Å². The standard InChI is InChI=1S/C14H16ClN5.C5H10O2/c15-11-9-18-14(16)19-13(11)10-4-5-17-12(8-10)20-6-2-1-3-7-20;6-5-2-1-3-7-4-5/h4-5,8-9H,1-3,6-7H2,(H2,16,18,19);5-6H,1-4H2. The molecule has 0 aromatic carbocycles. The second-order valence-corrected chi connectivity index (χ2v) is 7.15. The van der Waals surface area contributed by atoms with E-state index in [4.69, 9.17) is 27.2 Å². The first-order valence-electron chi connectivity index (χ1n) is 9.38. The molecule has 0 aliphatic carbocycles. The lowest BCUT2D eigenvalue weighted by Gasteiger charge is -2.27. The molecule has 0 bridgehead atoms. The van der Waals surface area contributed by atoms with Gasteiger partial charge in [-0.1, -0.05) is 11.6 Å². The second kappa shape index (κ2) is 9.82. The zero-order valence-corrected chi connectivity index (χ0v) is 16.1. The Kier molecular flexibility index (Phi) is 7.20. The van der Waals surface area contributed by atoms with Crippen LogP contribution in [0.5, 0.6) is 0 Å². The van der Waals surface area contributed by atoms with Crippen molar-refractivity contribution in [2.75, 3.05) is 36.9 Å². The summed E-state index contributed by atoms with van der Waals surface area (Å²) in [6.45, 7) is 3.48. The van der Waals surface area contributed by atoms with Gasteiger partial charge >= 0.3 is 0 Å². The summed E-state index contributed by atoms with van der Waals surface area (Å²) in [5, 5.41) is 9.28. The highest BCUT2D eigenvalue weighted by atomic mass is 35.5. The van der Waals surface area contributed by atoms with Gasteiger partial charge in [0.15, 0.2) is 0 Å². The number of ether oxygens (including phenoxy) is 1. The number of nitrogen functional groups attached to an aromatic ring is 1. The first-order valence-corrected chi connectivity index (χ1v) is 9.76. The lowest BCUT2D eigenvalue weighted by Crippen LogP contribution is -2.30. The van der Waals surface area contributed by atoms with Gasteiger partial charge in [0, 0.05) is 31.5 Å². The Balaban J connectivity index is 0.000000253. The van der Waals surface area contributed by atoms with E-state index < -0.39 is 0 Å². The van der Waals surface area contributed by atoms with E-state index in [1.54, 1.807) is 6.20 Å². The molecule has 0 spiro atoms. The van der Waals surface area contributed by atoms with Crippen LogP contribution in [0.1, 0.15) is 32.1 Å². The van der Waals surface area contributed by atoms with Crippen molar-refractivity contribution in [1.29, 1.82) is 0 Å². The van der Waals surface area contributed by atoms with Gasteiger partial charge in [-0.25, -0.2) is 15.0 Å². The summed E-state index contributed by atoms with van der Waals surface area (Å²) in [7, 11) is 0. The zero-order chi connectivity index (χ0) is 19.1. The summed E-state index contributed by atoms with van der Waals surface area (Å²) >= 11 is 6.15. The number of halogens is 1. The number of anilines is 2. The van der Waals surface area contributed by atoms with Crippen molar-refractivity contribution >= 4 is 23.4 Å². The number of aliphatic hydroxyl groups is 1. The molecule has 3 N–H and O–H groups in total.